The summed E-state index contributed by atoms with van der Waals surface area (Å²) >= 11 is 0. The summed E-state index contributed by atoms with van der Waals surface area (Å²) in [6, 6.07) is 19.7. The normalized spacial score (nSPS) is 19.3. The molecule has 4 nitrogen and oxygen atoms in total. The molecule has 30 heavy (non-hydrogen) atoms. The Bertz CT molecular complexity index is 1250. The summed E-state index contributed by atoms with van der Waals surface area (Å²) in [7, 11) is 0. The van der Waals surface area contributed by atoms with Crippen molar-refractivity contribution in [2.45, 2.75) is 45.1 Å². The zero-order valence-electron chi connectivity index (χ0n) is 17.3. The minimum absolute atomic E-state index is 0.557. The van der Waals surface area contributed by atoms with Crippen LogP contribution in [0.4, 0.5) is 0 Å². The van der Waals surface area contributed by atoms with Gasteiger partial charge in [-0.3, -0.25) is 9.97 Å². The minimum atomic E-state index is 0.557. The predicted octanol–water partition coefficient (Wildman–Crippen LogP) is 6.11. The summed E-state index contributed by atoms with van der Waals surface area (Å²) in [6.07, 6.45) is 5.66. The number of fused-ring (bicyclic) bond motifs is 5. The van der Waals surface area contributed by atoms with Gasteiger partial charge in [0.15, 0.2) is 0 Å². The van der Waals surface area contributed by atoms with E-state index in [0.29, 0.717) is 12.0 Å². The van der Waals surface area contributed by atoms with Gasteiger partial charge in [-0.25, -0.2) is 4.98 Å². The fraction of sp³-hybridized carbons (Fsp3) is 0.269. The molecule has 2 atom stereocenters. The van der Waals surface area contributed by atoms with Gasteiger partial charge in [-0.1, -0.05) is 35.9 Å². The highest BCUT2D eigenvalue weighted by Gasteiger charge is 2.41. The summed E-state index contributed by atoms with van der Waals surface area (Å²) in [4.78, 5) is 14.6. The Hall–Kier alpha value is -3.27. The van der Waals surface area contributed by atoms with E-state index >= 15 is 0 Å². The molecule has 1 aliphatic heterocycles. The number of nitrogens with zero attached hydrogens (tertiary/aromatic N) is 4. The van der Waals surface area contributed by atoms with E-state index in [1.807, 2.05) is 19.2 Å². The van der Waals surface area contributed by atoms with E-state index in [1.165, 1.54) is 41.9 Å². The van der Waals surface area contributed by atoms with Crippen molar-refractivity contribution >= 4 is 0 Å². The molecule has 4 heteroatoms. The predicted molar refractivity (Wildman–Crippen MR) is 119 cm³/mol. The lowest BCUT2D eigenvalue weighted by Crippen LogP contribution is -2.08. The molecule has 4 heterocycles. The molecular formula is C26H24N4. The van der Waals surface area contributed by atoms with Crippen molar-refractivity contribution in [3.8, 4) is 33.9 Å². The van der Waals surface area contributed by atoms with E-state index < -0.39 is 0 Å². The molecule has 1 aliphatic carbocycles. The second kappa shape index (κ2) is 6.63. The number of aromatic nitrogens is 4. The summed E-state index contributed by atoms with van der Waals surface area (Å²) in [5, 5.41) is 0. The van der Waals surface area contributed by atoms with Crippen LogP contribution in [0.5, 0.6) is 0 Å². The van der Waals surface area contributed by atoms with Gasteiger partial charge in [0.05, 0.1) is 17.1 Å². The standard InChI is InChI=1S/C26H24N4/c1-16-6-8-18(9-7-16)23-15-19(12-13-27-23)25-24(22-5-3-4-17(2)28-22)29-26-20-10-11-21(14-20)30(25)26/h3-9,12-13,15,20-21H,10-11,14H2,1-2H3. The van der Waals surface area contributed by atoms with E-state index in [9.17, 15) is 0 Å². The smallest absolute Gasteiger partial charge is 0.115 e. The third-order valence-electron chi connectivity index (χ3n) is 6.59. The number of pyridine rings is 2. The Labute approximate surface area is 176 Å². The molecule has 0 saturated heterocycles. The van der Waals surface area contributed by atoms with E-state index in [2.05, 4.69) is 65.0 Å². The van der Waals surface area contributed by atoms with Crippen molar-refractivity contribution in [1.82, 2.24) is 19.5 Å². The van der Waals surface area contributed by atoms with Gasteiger partial charge in [-0.05, 0) is 57.4 Å². The van der Waals surface area contributed by atoms with Crippen LogP contribution in [0.1, 0.15) is 48.3 Å². The van der Waals surface area contributed by atoms with E-state index in [1.54, 1.807) is 0 Å². The van der Waals surface area contributed by atoms with Crippen LogP contribution in [0.25, 0.3) is 33.9 Å². The maximum atomic E-state index is 5.16. The molecule has 2 bridgehead atoms. The summed E-state index contributed by atoms with van der Waals surface area (Å²) in [5.74, 6) is 1.83. The molecule has 3 aromatic heterocycles. The molecule has 4 aromatic rings. The maximum Gasteiger partial charge on any atom is 0.115 e. The number of imidazole rings is 1. The molecule has 0 radical (unpaired) electrons. The second-order valence-electron chi connectivity index (χ2n) is 8.66. The molecule has 1 fully saturated rings. The van der Waals surface area contributed by atoms with Crippen molar-refractivity contribution in [2.75, 3.05) is 0 Å². The molecule has 1 aromatic carbocycles. The highest BCUT2D eigenvalue weighted by molar-refractivity contribution is 5.80. The van der Waals surface area contributed by atoms with Crippen LogP contribution in [0.15, 0.2) is 60.8 Å². The van der Waals surface area contributed by atoms with Crippen LogP contribution < -0.4 is 0 Å². The zero-order valence-corrected chi connectivity index (χ0v) is 17.3. The highest BCUT2D eigenvalue weighted by atomic mass is 15.2. The third kappa shape index (κ3) is 2.71. The van der Waals surface area contributed by atoms with Gasteiger partial charge in [-0.15, -0.1) is 0 Å². The number of benzene rings is 1. The largest absolute Gasteiger partial charge is 0.324 e. The van der Waals surface area contributed by atoms with Crippen molar-refractivity contribution in [3.05, 3.63) is 77.9 Å². The monoisotopic (exact) mass is 392 g/mol. The van der Waals surface area contributed by atoms with E-state index in [0.717, 1.165) is 28.3 Å². The summed E-state index contributed by atoms with van der Waals surface area (Å²) in [5.41, 5.74) is 8.74. The third-order valence-corrected chi connectivity index (χ3v) is 6.59. The van der Waals surface area contributed by atoms with Crippen LogP contribution in [0.2, 0.25) is 0 Å². The second-order valence-corrected chi connectivity index (χ2v) is 8.66. The maximum absolute atomic E-state index is 5.16. The SMILES string of the molecule is Cc1ccc(-c2cc(-c3c(-c4cccc(C)n4)nc4n3C3CCC4C3)ccn2)cc1. The average Bonchev–Trinajstić information content (AvgIpc) is 3.47. The lowest BCUT2D eigenvalue weighted by Gasteiger charge is -2.17. The molecular weight excluding hydrogens is 368 g/mol. The Morgan fingerprint density at radius 3 is 2.57 bits per heavy atom. The van der Waals surface area contributed by atoms with Gasteiger partial charge >= 0.3 is 0 Å². The Morgan fingerprint density at radius 2 is 1.73 bits per heavy atom. The quantitative estimate of drug-likeness (QED) is 0.422. The topological polar surface area (TPSA) is 43.6 Å². The van der Waals surface area contributed by atoms with Gasteiger partial charge in [0, 0.05) is 35.0 Å². The summed E-state index contributed by atoms with van der Waals surface area (Å²) in [6.45, 7) is 4.15. The number of hydrogen-bond acceptors (Lipinski definition) is 3. The Morgan fingerprint density at radius 1 is 0.867 bits per heavy atom. The fourth-order valence-electron chi connectivity index (χ4n) is 5.12. The lowest BCUT2D eigenvalue weighted by atomic mass is 10.0. The van der Waals surface area contributed by atoms with Gasteiger partial charge < -0.3 is 4.57 Å². The Balaban J connectivity index is 1.55. The van der Waals surface area contributed by atoms with Crippen LogP contribution in [0, 0.1) is 13.8 Å². The van der Waals surface area contributed by atoms with E-state index in [4.69, 9.17) is 9.97 Å². The van der Waals surface area contributed by atoms with Gasteiger partial charge in [0.25, 0.3) is 0 Å². The molecule has 0 amide bonds. The first-order chi connectivity index (χ1) is 14.7. The minimum Gasteiger partial charge on any atom is -0.324 e. The average molecular weight is 393 g/mol. The van der Waals surface area contributed by atoms with Gasteiger partial charge in [0.2, 0.25) is 0 Å². The molecule has 1 saturated carbocycles. The highest BCUT2D eigenvalue weighted by Crippen LogP contribution is 2.52. The van der Waals surface area contributed by atoms with Crippen molar-refractivity contribution in [2.24, 2.45) is 0 Å². The van der Waals surface area contributed by atoms with Gasteiger partial charge in [0.1, 0.15) is 11.5 Å². The molecule has 0 N–H and O–H groups in total. The van der Waals surface area contributed by atoms with Crippen molar-refractivity contribution < 1.29 is 0 Å². The first-order valence-corrected chi connectivity index (χ1v) is 10.8. The fourth-order valence-corrected chi connectivity index (χ4v) is 5.12. The molecule has 148 valence electrons. The van der Waals surface area contributed by atoms with Crippen molar-refractivity contribution in [1.29, 1.82) is 0 Å². The van der Waals surface area contributed by atoms with Crippen LogP contribution in [0.3, 0.4) is 0 Å². The van der Waals surface area contributed by atoms with Gasteiger partial charge in [-0.2, -0.15) is 0 Å². The van der Waals surface area contributed by atoms with Crippen molar-refractivity contribution in [3.63, 3.8) is 0 Å². The number of aryl methyl sites for hydroxylation is 2. The summed E-state index contributed by atoms with van der Waals surface area (Å²) < 4.78 is 2.50. The first-order valence-electron chi connectivity index (χ1n) is 10.8. The lowest BCUT2D eigenvalue weighted by molar-refractivity contribution is 0.530. The molecule has 0 spiro atoms. The Kier molecular flexibility index (Phi) is 3.88. The number of hydrogen-bond donors (Lipinski definition) is 0. The number of rotatable bonds is 3. The first kappa shape index (κ1) is 17.6. The molecule has 6 rings (SSSR count). The van der Waals surface area contributed by atoms with Crippen LogP contribution in [-0.4, -0.2) is 19.5 Å². The van der Waals surface area contributed by atoms with Crippen LogP contribution >= 0.6 is 0 Å². The van der Waals surface area contributed by atoms with E-state index in [-0.39, 0.29) is 0 Å². The molecule has 2 aliphatic rings. The van der Waals surface area contributed by atoms with Crippen LogP contribution in [-0.2, 0) is 0 Å². The zero-order chi connectivity index (χ0) is 20.2. The molecule has 2 unspecified atom stereocenters.